The quantitative estimate of drug-likeness (QED) is 0.635. The van der Waals surface area contributed by atoms with Crippen molar-refractivity contribution in [1.82, 2.24) is 9.97 Å². The number of nitrogens with zero attached hydrogens (tertiary/aromatic N) is 2. The van der Waals surface area contributed by atoms with Crippen LogP contribution in [0.2, 0.25) is 10.2 Å². The Morgan fingerprint density at radius 2 is 1.65 bits per heavy atom. The number of halogens is 4. The van der Waals surface area contributed by atoms with E-state index in [1.807, 2.05) is 0 Å². The lowest BCUT2D eigenvalue weighted by atomic mass is 10.2. The van der Waals surface area contributed by atoms with Gasteiger partial charge in [-0.1, -0.05) is 35.3 Å². The Kier molecular flexibility index (Phi) is 4.41. The second-order valence-corrected chi connectivity index (χ2v) is 5.45. The zero-order valence-electron chi connectivity index (χ0n) is 11.5. The van der Waals surface area contributed by atoms with Crippen LogP contribution in [-0.4, -0.2) is 9.97 Å². The highest BCUT2D eigenvalue weighted by Gasteiger charge is 2.09. The lowest BCUT2D eigenvalue weighted by molar-refractivity contribution is 0.628. The van der Waals surface area contributed by atoms with Crippen molar-refractivity contribution in [2.24, 2.45) is 0 Å². The number of nitrogens with one attached hydrogen (secondary N) is 1. The van der Waals surface area contributed by atoms with Gasteiger partial charge in [-0.2, -0.15) is 0 Å². The molecule has 0 aliphatic rings. The summed E-state index contributed by atoms with van der Waals surface area (Å²) in [6.45, 7) is 0. The van der Waals surface area contributed by atoms with Crippen LogP contribution in [0.4, 0.5) is 20.3 Å². The van der Waals surface area contributed by atoms with Crippen molar-refractivity contribution in [2.45, 2.75) is 0 Å². The minimum atomic E-state index is -0.442. The van der Waals surface area contributed by atoms with Crippen LogP contribution in [0.25, 0.3) is 11.4 Å². The van der Waals surface area contributed by atoms with Gasteiger partial charge < -0.3 is 5.32 Å². The predicted molar refractivity (Wildman–Crippen MR) is 87.1 cm³/mol. The second-order valence-electron chi connectivity index (χ2n) is 4.66. The molecule has 2 aromatic carbocycles. The van der Waals surface area contributed by atoms with Crippen LogP contribution in [0, 0.1) is 11.6 Å². The molecule has 7 heteroatoms. The summed E-state index contributed by atoms with van der Waals surface area (Å²) in [5, 5.41) is 3.37. The minimum Gasteiger partial charge on any atom is -0.339 e. The monoisotopic (exact) mass is 351 g/mol. The van der Waals surface area contributed by atoms with Gasteiger partial charge in [0, 0.05) is 11.6 Å². The molecule has 116 valence electrons. The summed E-state index contributed by atoms with van der Waals surface area (Å²) < 4.78 is 26.7. The van der Waals surface area contributed by atoms with Crippen LogP contribution in [0.1, 0.15) is 0 Å². The summed E-state index contributed by atoms with van der Waals surface area (Å²) in [6.07, 6.45) is 0. The molecule has 3 aromatic rings. The summed E-state index contributed by atoms with van der Waals surface area (Å²) in [6, 6.07) is 11.2. The minimum absolute atomic E-state index is 0.161. The number of hydrogen-bond acceptors (Lipinski definition) is 3. The van der Waals surface area contributed by atoms with E-state index in [1.165, 1.54) is 36.4 Å². The van der Waals surface area contributed by atoms with Crippen molar-refractivity contribution in [3.63, 3.8) is 0 Å². The molecule has 0 radical (unpaired) electrons. The summed E-state index contributed by atoms with van der Waals surface area (Å²) >= 11 is 12.0. The van der Waals surface area contributed by atoms with Gasteiger partial charge in [-0.3, -0.25) is 0 Å². The molecule has 0 aliphatic carbocycles. The highest BCUT2D eigenvalue weighted by atomic mass is 35.5. The largest absolute Gasteiger partial charge is 0.339 e. The lowest BCUT2D eigenvalue weighted by Crippen LogP contribution is -1.99. The van der Waals surface area contributed by atoms with Crippen molar-refractivity contribution in [3.8, 4) is 11.4 Å². The van der Waals surface area contributed by atoms with E-state index < -0.39 is 11.6 Å². The number of rotatable bonds is 3. The van der Waals surface area contributed by atoms with E-state index in [9.17, 15) is 8.78 Å². The smallest absolute Gasteiger partial charge is 0.163 e. The maximum atomic E-state index is 13.3. The highest BCUT2D eigenvalue weighted by molar-refractivity contribution is 6.33. The zero-order chi connectivity index (χ0) is 16.4. The Balaban J connectivity index is 1.99. The summed E-state index contributed by atoms with van der Waals surface area (Å²) in [5.74, 6) is -0.292. The van der Waals surface area contributed by atoms with Crippen LogP contribution in [-0.2, 0) is 0 Å². The molecule has 0 unspecified atom stereocenters. The third-order valence-electron chi connectivity index (χ3n) is 2.97. The van der Waals surface area contributed by atoms with Crippen LogP contribution < -0.4 is 5.32 Å². The Labute approximate surface area is 140 Å². The van der Waals surface area contributed by atoms with E-state index in [0.29, 0.717) is 22.1 Å². The number of hydrogen-bond donors (Lipinski definition) is 1. The van der Waals surface area contributed by atoms with Crippen molar-refractivity contribution in [1.29, 1.82) is 0 Å². The van der Waals surface area contributed by atoms with E-state index in [2.05, 4.69) is 15.3 Å². The second kappa shape index (κ2) is 6.48. The number of anilines is 2. The third-order valence-corrected chi connectivity index (χ3v) is 3.49. The molecule has 1 heterocycles. The van der Waals surface area contributed by atoms with Gasteiger partial charge in [0.1, 0.15) is 22.6 Å². The molecule has 0 atom stereocenters. The molecule has 0 spiro atoms. The van der Waals surface area contributed by atoms with Gasteiger partial charge in [0.05, 0.1) is 10.7 Å². The average molecular weight is 352 g/mol. The predicted octanol–water partition coefficient (Wildman–Crippen LogP) is 5.47. The fourth-order valence-corrected chi connectivity index (χ4v) is 2.32. The van der Waals surface area contributed by atoms with Crippen LogP contribution in [0.3, 0.4) is 0 Å². The Bertz CT molecular complexity index is 872. The molecule has 23 heavy (non-hydrogen) atoms. The molecule has 3 nitrogen and oxygen atoms in total. The number of benzene rings is 2. The normalized spacial score (nSPS) is 10.6. The molecule has 0 bridgehead atoms. The van der Waals surface area contributed by atoms with Gasteiger partial charge in [0.2, 0.25) is 0 Å². The average Bonchev–Trinajstić information content (AvgIpc) is 2.50. The highest BCUT2D eigenvalue weighted by Crippen LogP contribution is 2.27. The molecule has 1 aromatic heterocycles. The first kappa shape index (κ1) is 15.6. The first-order valence-electron chi connectivity index (χ1n) is 6.54. The first-order chi connectivity index (χ1) is 11.0. The van der Waals surface area contributed by atoms with Gasteiger partial charge in [-0.25, -0.2) is 18.7 Å². The molecule has 1 N–H and O–H groups in total. The topological polar surface area (TPSA) is 37.8 Å². The van der Waals surface area contributed by atoms with Crippen molar-refractivity contribution in [2.75, 3.05) is 5.32 Å². The maximum Gasteiger partial charge on any atom is 0.163 e. The Morgan fingerprint density at radius 1 is 0.870 bits per heavy atom. The Morgan fingerprint density at radius 3 is 2.43 bits per heavy atom. The van der Waals surface area contributed by atoms with Gasteiger partial charge in [-0.15, -0.1) is 0 Å². The summed E-state index contributed by atoms with van der Waals surface area (Å²) in [7, 11) is 0. The molecule has 0 saturated heterocycles. The SMILES string of the molecule is Fc1cccc(-c2nc(Cl)cc(Nc3cc(F)ccc3Cl)n2)c1. The fourth-order valence-electron chi connectivity index (χ4n) is 1.97. The molecule has 0 aliphatic heterocycles. The van der Waals surface area contributed by atoms with Crippen LogP contribution in [0.5, 0.6) is 0 Å². The first-order valence-corrected chi connectivity index (χ1v) is 7.29. The van der Waals surface area contributed by atoms with Crippen molar-refractivity contribution < 1.29 is 8.78 Å². The van der Waals surface area contributed by atoms with Crippen molar-refractivity contribution in [3.05, 3.63) is 70.3 Å². The summed E-state index contributed by atoms with van der Waals surface area (Å²) in [5.41, 5.74) is 0.813. The van der Waals surface area contributed by atoms with Gasteiger partial charge in [-0.05, 0) is 30.3 Å². The maximum absolute atomic E-state index is 13.3. The summed E-state index contributed by atoms with van der Waals surface area (Å²) in [4.78, 5) is 8.32. The standard InChI is InChI=1S/C16H9Cl2F2N3/c17-12-5-4-11(20)7-13(12)21-15-8-14(18)22-16(23-15)9-2-1-3-10(19)6-9/h1-8H,(H,21,22,23). The fraction of sp³-hybridized carbons (Fsp3) is 0. The van der Waals surface area contributed by atoms with E-state index in [0.717, 1.165) is 0 Å². The molecule has 0 saturated carbocycles. The molecular formula is C16H9Cl2F2N3. The Hall–Kier alpha value is -2.24. The lowest BCUT2D eigenvalue weighted by Gasteiger charge is -2.09. The van der Waals surface area contributed by atoms with Crippen LogP contribution in [0.15, 0.2) is 48.5 Å². The van der Waals surface area contributed by atoms with E-state index in [-0.39, 0.29) is 11.0 Å². The van der Waals surface area contributed by atoms with E-state index in [1.54, 1.807) is 12.1 Å². The van der Waals surface area contributed by atoms with Gasteiger partial charge in [0.25, 0.3) is 0 Å². The van der Waals surface area contributed by atoms with Crippen molar-refractivity contribution >= 4 is 34.7 Å². The number of aromatic nitrogens is 2. The van der Waals surface area contributed by atoms with Crippen LogP contribution >= 0.6 is 23.2 Å². The zero-order valence-corrected chi connectivity index (χ0v) is 13.0. The molecule has 3 rings (SSSR count). The van der Waals surface area contributed by atoms with E-state index >= 15 is 0 Å². The van der Waals surface area contributed by atoms with Gasteiger partial charge in [0.15, 0.2) is 5.82 Å². The molecular weight excluding hydrogens is 343 g/mol. The molecule has 0 fully saturated rings. The van der Waals surface area contributed by atoms with E-state index in [4.69, 9.17) is 23.2 Å². The molecule has 0 amide bonds. The third kappa shape index (κ3) is 3.75. The van der Waals surface area contributed by atoms with Gasteiger partial charge >= 0.3 is 0 Å².